The van der Waals surface area contributed by atoms with Crippen LogP contribution in [0, 0.1) is 5.82 Å². The number of aromatic nitrogens is 2. The molecule has 9 heteroatoms. The third-order valence-corrected chi connectivity index (χ3v) is 4.63. The summed E-state index contributed by atoms with van der Waals surface area (Å²) in [7, 11) is 1.46. The normalized spacial score (nSPS) is 14.7. The molecule has 2 heterocycles. The van der Waals surface area contributed by atoms with Gasteiger partial charge in [0.1, 0.15) is 0 Å². The molecule has 156 valence electrons. The zero-order valence-corrected chi connectivity index (χ0v) is 17.3. The van der Waals surface area contributed by atoms with Crippen molar-refractivity contribution in [1.29, 1.82) is 0 Å². The molecule has 3 aromatic rings. The number of amides is 1. The molecule has 0 unspecified atom stereocenters. The number of ether oxygens (including phenoxy) is 2. The van der Waals surface area contributed by atoms with Crippen molar-refractivity contribution in [3.63, 3.8) is 0 Å². The van der Waals surface area contributed by atoms with Crippen LogP contribution in [0.3, 0.4) is 0 Å². The smallest absolute Gasteiger partial charge is 0.280 e. The minimum Gasteiger partial charge on any atom is -0.493 e. The van der Waals surface area contributed by atoms with E-state index >= 15 is 0 Å². The van der Waals surface area contributed by atoms with Crippen LogP contribution in [0.5, 0.6) is 17.4 Å². The summed E-state index contributed by atoms with van der Waals surface area (Å²) in [4.78, 5) is 20.2. The summed E-state index contributed by atoms with van der Waals surface area (Å²) in [6.07, 6.45) is 2.60. The van der Waals surface area contributed by atoms with E-state index in [4.69, 9.17) is 21.1 Å². The predicted molar refractivity (Wildman–Crippen MR) is 115 cm³/mol. The largest absolute Gasteiger partial charge is 0.493 e. The van der Waals surface area contributed by atoms with Crippen molar-refractivity contribution in [3.05, 3.63) is 77.0 Å². The van der Waals surface area contributed by atoms with Crippen LogP contribution < -0.4 is 14.5 Å². The van der Waals surface area contributed by atoms with Crippen molar-refractivity contribution >= 4 is 35.0 Å². The first-order valence-electron chi connectivity index (χ1n) is 9.17. The van der Waals surface area contributed by atoms with Crippen molar-refractivity contribution in [2.75, 3.05) is 12.1 Å². The number of halogens is 2. The molecule has 4 rings (SSSR count). The average Bonchev–Trinajstić information content (AvgIpc) is 3.05. The SMILES string of the molecule is COc1ccc(C=C2C(=O)N(c3ccccc3)N=C2C)cc1Oc1nc(Cl)ncc1F. The van der Waals surface area contributed by atoms with Crippen LogP contribution in [-0.4, -0.2) is 28.7 Å². The summed E-state index contributed by atoms with van der Waals surface area (Å²) >= 11 is 5.73. The molecular formula is C22H16ClFN4O3. The maximum atomic E-state index is 14.0. The predicted octanol–water partition coefficient (Wildman–Crippen LogP) is 4.88. The van der Waals surface area contributed by atoms with Crippen LogP contribution in [0.15, 0.2) is 65.4 Å². The highest BCUT2D eigenvalue weighted by Gasteiger charge is 2.28. The Balaban J connectivity index is 1.67. The molecule has 0 fully saturated rings. The number of hydrazone groups is 1. The summed E-state index contributed by atoms with van der Waals surface area (Å²) in [6.45, 7) is 1.76. The number of para-hydroxylation sites is 1. The molecule has 1 aliphatic heterocycles. The molecule has 0 N–H and O–H groups in total. The first-order chi connectivity index (χ1) is 15.0. The number of methoxy groups -OCH3 is 1. The zero-order chi connectivity index (χ0) is 22.0. The van der Waals surface area contributed by atoms with E-state index in [2.05, 4.69) is 15.1 Å². The molecule has 0 saturated heterocycles. The Kier molecular flexibility index (Phi) is 5.64. The van der Waals surface area contributed by atoms with E-state index in [9.17, 15) is 9.18 Å². The van der Waals surface area contributed by atoms with Crippen LogP contribution in [0.25, 0.3) is 6.08 Å². The zero-order valence-electron chi connectivity index (χ0n) is 16.5. The van der Waals surface area contributed by atoms with E-state index < -0.39 is 5.82 Å². The summed E-state index contributed by atoms with van der Waals surface area (Å²) in [6, 6.07) is 14.1. The van der Waals surface area contributed by atoms with Crippen molar-refractivity contribution in [1.82, 2.24) is 9.97 Å². The van der Waals surface area contributed by atoms with Crippen molar-refractivity contribution in [2.24, 2.45) is 5.10 Å². The first-order valence-corrected chi connectivity index (χ1v) is 9.55. The minimum absolute atomic E-state index is 0.155. The maximum Gasteiger partial charge on any atom is 0.280 e. The van der Waals surface area contributed by atoms with Gasteiger partial charge in [0, 0.05) is 0 Å². The third kappa shape index (κ3) is 4.24. The fourth-order valence-corrected chi connectivity index (χ4v) is 3.09. The fourth-order valence-electron chi connectivity index (χ4n) is 2.96. The molecule has 1 aliphatic rings. The van der Waals surface area contributed by atoms with Gasteiger partial charge in [0.05, 0.1) is 30.3 Å². The topological polar surface area (TPSA) is 76.9 Å². The number of carbonyl (C=O) groups excluding carboxylic acids is 1. The standard InChI is InChI=1S/C22H16ClFN4O3/c1-13-16(21(29)28(27-13)15-6-4-3-5-7-15)10-14-8-9-18(30-2)19(11-14)31-20-17(24)12-25-22(23)26-20/h3-12H,1-2H3. The number of hydrogen-bond donors (Lipinski definition) is 0. The van der Waals surface area contributed by atoms with Gasteiger partial charge in [-0.1, -0.05) is 24.3 Å². The molecule has 0 atom stereocenters. The van der Waals surface area contributed by atoms with E-state index in [0.29, 0.717) is 28.3 Å². The molecule has 1 aromatic heterocycles. The third-order valence-electron chi connectivity index (χ3n) is 4.45. The van der Waals surface area contributed by atoms with Gasteiger partial charge in [-0.25, -0.2) is 4.98 Å². The van der Waals surface area contributed by atoms with Gasteiger partial charge in [-0.05, 0) is 54.4 Å². The van der Waals surface area contributed by atoms with Crippen molar-refractivity contribution in [3.8, 4) is 17.4 Å². The van der Waals surface area contributed by atoms with Crippen LogP contribution >= 0.6 is 11.6 Å². The Hall–Kier alpha value is -3.78. The number of rotatable bonds is 5. The molecule has 1 amide bonds. The lowest BCUT2D eigenvalue weighted by Crippen LogP contribution is -2.21. The highest BCUT2D eigenvalue weighted by atomic mass is 35.5. The second kappa shape index (κ2) is 8.53. The second-order valence-corrected chi connectivity index (χ2v) is 6.84. The molecule has 7 nitrogen and oxygen atoms in total. The highest BCUT2D eigenvalue weighted by Crippen LogP contribution is 2.34. The lowest BCUT2D eigenvalue weighted by Gasteiger charge is -2.12. The van der Waals surface area contributed by atoms with Gasteiger partial charge in [0.15, 0.2) is 11.5 Å². The van der Waals surface area contributed by atoms with E-state index in [-0.39, 0.29) is 22.8 Å². The van der Waals surface area contributed by atoms with Crippen LogP contribution in [-0.2, 0) is 4.79 Å². The maximum absolute atomic E-state index is 14.0. The molecule has 2 aromatic carbocycles. The van der Waals surface area contributed by atoms with E-state index in [1.807, 2.05) is 18.2 Å². The number of benzene rings is 2. The minimum atomic E-state index is -0.775. The molecule has 0 saturated carbocycles. The molecule has 0 bridgehead atoms. The monoisotopic (exact) mass is 438 g/mol. The summed E-state index contributed by atoms with van der Waals surface area (Å²) < 4.78 is 24.9. The Morgan fingerprint density at radius 2 is 1.90 bits per heavy atom. The first kappa shape index (κ1) is 20.5. The number of carbonyl (C=O) groups is 1. The molecule has 0 spiro atoms. The van der Waals surface area contributed by atoms with Crippen molar-refractivity contribution in [2.45, 2.75) is 6.92 Å². The molecular weight excluding hydrogens is 423 g/mol. The number of anilines is 1. The van der Waals surface area contributed by atoms with E-state index in [1.165, 1.54) is 12.1 Å². The van der Waals surface area contributed by atoms with E-state index in [0.717, 1.165) is 6.20 Å². The van der Waals surface area contributed by atoms with Gasteiger partial charge in [-0.15, -0.1) is 0 Å². The van der Waals surface area contributed by atoms with Crippen molar-refractivity contribution < 1.29 is 18.7 Å². The van der Waals surface area contributed by atoms with Gasteiger partial charge < -0.3 is 9.47 Å². The lowest BCUT2D eigenvalue weighted by atomic mass is 10.1. The number of hydrogen-bond acceptors (Lipinski definition) is 6. The highest BCUT2D eigenvalue weighted by molar-refractivity contribution is 6.32. The van der Waals surface area contributed by atoms with Gasteiger partial charge in [0.25, 0.3) is 11.8 Å². The Morgan fingerprint density at radius 3 is 2.65 bits per heavy atom. The van der Waals surface area contributed by atoms with Gasteiger partial charge in [-0.3, -0.25) is 4.79 Å². The summed E-state index contributed by atoms with van der Waals surface area (Å²) in [5, 5.41) is 5.55. The second-order valence-electron chi connectivity index (χ2n) is 6.50. The molecule has 0 aliphatic carbocycles. The van der Waals surface area contributed by atoms with Gasteiger partial charge in [-0.2, -0.15) is 19.5 Å². The molecule has 0 radical (unpaired) electrons. The number of nitrogens with zero attached hydrogens (tertiary/aromatic N) is 4. The van der Waals surface area contributed by atoms with Crippen LogP contribution in [0.4, 0.5) is 10.1 Å². The Bertz CT molecular complexity index is 1210. The lowest BCUT2D eigenvalue weighted by molar-refractivity contribution is -0.114. The van der Waals surface area contributed by atoms with Crippen LogP contribution in [0.2, 0.25) is 5.28 Å². The molecule has 31 heavy (non-hydrogen) atoms. The Morgan fingerprint density at radius 1 is 1.13 bits per heavy atom. The van der Waals surface area contributed by atoms with Crippen LogP contribution in [0.1, 0.15) is 12.5 Å². The fraction of sp³-hybridized carbons (Fsp3) is 0.0909. The quantitative estimate of drug-likeness (QED) is 0.419. The summed E-state index contributed by atoms with van der Waals surface area (Å²) in [5.41, 5.74) is 2.30. The Labute approximate surface area is 182 Å². The summed E-state index contributed by atoms with van der Waals surface area (Å²) in [5.74, 6) is -0.817. The van der Waals surface area contributed by atoms with Gasteiger partial charge >= 0.3 is 0 Å². The average molecular weight is 439 g/mol. The van der Waals surface area contributed by atoms with Gasteiger partial charge in [0.2, 0.25) is 11.1 Å². The van der Waals surface area contributed by atoms with E-state index in [1.54, 1.807) is 43.3 Å².